The lowest BCUT2D eigenvalue weighted by Gasteiger charge is -2.40. The zero-order chi connectivity index (χ0) is 23.7. The summed E-state index contributed by atoms with van der Waals surface area (Å²) >= 11 is 0. The summed E-state index contributed by atoms with van der Waals surface area (Å²) in [4.78, 5) is 20.0. The van der Waals surface area contributed by atoms with Gasteiger partial charge in [-0.3, -0.25) is 4.79 Å². The van der Waals surface area contributed by atoms with Crippen LogP contribution in [0.1, 0.15) is 54.1 Å². The van der Waals surface area contributed by atoms with Crippen LogP contribution in [0.3, 0.4) is 0 Å². The molecule has 2 atom stereocenters. The number of rotatable bonds is 5. The number of carbonyl (C=O) groups is 1. The highest BCUT2D eigenvalue weighted by molar-refractivity contribution is 7.89. The molecule has 1 aliphatic heterocycles. The summed E-state index contributed by atoms with van der Waals surface area (Å²) in [6.07, 6.45) is 6.53. The molecule has 1 aliphatic carbocycles. The molecule has 178 valence electrons. The quantitative estimate of drug-likeness (QED) is 0.604. The molecular formula is C25H29N5O3S. The van der Waals surface area contributed by atoms with E-state index in [1.807, 2.05) is 35.2 Å². The van der Waals surface area contributed by atoms with Gasteiger partial charge >= 0.3 is 0 Å². The molecular weight excluding hydrogens is 450 g/mol. The zero-order valence-corrected chi connectivity index (χ0v) is 19.8. The molecule has 1 saturated carbocycles. The van der Waals surface area contributed by atoms with Crippen molar-refractivity contribution in [2.75, 3.05) is 13.1 Å². The van der Waals surface area contributed by atoms with Crippen molar-refractivity contribution < 1.29 is 13.2 Å². The molecule has 34 heavy (non-hydrogen) atoms. The first-order chi connectivity index (χ1) is 16.4. The van der Waals surface area contributed by atoms with Crippen molar-refractivity contribution in [2.24, 2.45) is 17.0 Å². The van der Waals surface area contributed by atoms with E-state index in [0.29, 0.717) is 23.9 Å². The van der Waals surface area contributed by atoms with Crippen LogP contribution in [0.4, 0.5) is 0 Å². The molecule has 2 aliphatic rings. The van der Waals surface area contributed by atoms with Crippen LogP contribution in [0.2, 0.25) is 0 Å². The van der Waals surface area contributed by atoms with Gasteiger partial charge in [-0.05, 0) is 54.5 Å². The average Bonchev–Trinajstić information content (AvgIpc) is 3.27. The zero-order valence-electron chi connectivity index (χ0n) is 19.0. The van der Waals surface area contributed by atoms with Crippen molar-refractivity contribution >= 4 is 15.9 Å². The van der Waals surface area contributed by atoms with Gasteiger partial charge in [0.25, 0.3) is 5.91 Å². The van der Waals surface area contributed by atoms with E-state index < -0.39 is 10.0 Å². The Kier molecular flexibility index (Phi) is 6.22. The van der Waals surface area contributed by atoms with Crippen molar-refractivity contribution in [3.63, 3.8) is 0 Å². The molecule has 9 heteroatoms. The Bertz CT molecular complexity index is 1270. The van der Waals surface area contributed by atoms with Gasteiger partial charge < -0.3 is 4.90 Å². The maximum Gasteiger partial charge on any atom is 0.293 e. The normalized spacial score (nSPS) is 20.7. The minimum Gasteiger partial charge on any atom is -0.336 e. The second kappa shape index (κ2) is 9.31. The lowest BCUT2D eigenvalue weighted by atomic mass is 9.75. The number of amides is 1. The van der Waals surface area contributed by atoms with E-state index in [1.54, 1.807) is 16.8 Å². The Hall–Kier alpha value is -3.04. The lowest BCUT2D eigenvalue weighted by molar-refractivity contribution is 0.0509. The smallest absolute Gasteiger partial charge is 0.293 e. The summed E-state index contributed by atoms with van der Waals surface area (Å²) < 4.78 is 24.9. The predicted octanol–water partition coefficient (Wildman–Crippen LogP) is 3.16. The second-order valence-electron chi connectivity index (χ2n) is 9.31. The number of aromatic nitrogens is 3. The van der Waals surface area contributed by atoms with Gasteiger partial charge in [-0.15, -0.1) is 5.10 Å². The molecule has 0 bridgehead atoms. The number of carbonyl (C=O) groups excluding carboxylic acids is 1. The summed E-state index contributed by atoms with van der Waals surface area (Å²) in [6.45, 7) is 1.51. The standard InChI is InChI=1S/C25H29N5O3S/c26-34(32,33)22-12-10-21(11-13-22)30-23(16-18-6-2-1-3-7-18)27-24(28-30)25(31)29-15-14-19-8-4-5-9-20(19)17-29/h1-3,6-7,10-13,19-20H,4-5,8-9,14-17H2,(H2,26,32,33)/t19-,20+/m0/s1. The summed E-state index contributed by atoms with van der Waals surface area (Å²) in [5, 5.41) is 9.82. The van der Waals surface area contributed by atoms with E-state index in [2.05, 4.69) is 10.1 Å². The van der Waals surface area contributed by atoms with Gasteiger partial charge in [-0.2, -0.15) is 0 Å². The number of hydrogen-bond donors (Lipinski definition) is 1. The molecule has 1 aromatic heterocycles. The maximum absolute atomic E-state index is 13.4. The molecule has 1 amide bonds. The first kappa shape index (κ1) is 22.7. The van der Waals surface area contributed by atoms with E-state index in [4.69, 9.17) is 5.14 Å². The third-order valence-electron chi connectivity index (χ3n) is 7.06. The van der Waals surface area contributed by atoms with E-state index in [1.165, 1.54) is 37.8 Å². The number of nitrogens with zero attached hydrogens (tertiary/aromatic N) is 4. The van der Waals surface area contributed by atoms with Crippen LogP contribution in [0.5, 0.6) is 0 Å². The molecule has 8 nitrogen and oxygen atoms in total. The number of primary sulfonamides is 1. The van der Waals surface area contributed by atoms with Crippen LogP contribution in [-0.2, 0) is 16.4 Å². The van der Waals surface area contributed by atoms with Crippen LogP contribution in [0, 0.1) is 11.8 Å². The number of likely N-dealkylation sites (tertiary alicyclic amines) is 1. The Labute approximate surface area is 199 Å². The number of benzene rings is 2. The third kappa shape index (κ3) is 4.76. The number of piperidine rings is 1. The van der Waals surface area contributed by atoms with Crippen LogP contribution < -0.4 is 5.14 Å². The molecule has 1 saturated heterocycles. The molecule has 3 aromatic rings. The van der Waals surface area contributed by atoms with E-state index in [9.17, 15) is 13.2 Å². The van der Waals surface area contributed by atoms with Gasteiger partial charge in [-0.25, -0.2) is 23.2 Å². The van der Waals surface area contributed by atoms with Crippen molar-refractivity contribution in [3.05, 3.63) is 71.8 Å². The molecule has 0 radical (unpaired) electrons. The monoisotopic (exact) mass is 479 g/mol. The predicted molar refractivity (Wildman–Crippen MR) is 128 cm³/mol. The molecule has 2 N–H and O–H groups in total. The van der Waals surface area contributed by atoms with Gasteiger partial charge in [0.05, 0.1) is 10.6 Å². The number of hydrogen-bond acceptors (Lipinski definition) is 5. The van der Waals surface area contributed by atoms with Crippen molar-refractivity contribution in [1.29, 1.82) is 0 Å². The molecule has 2 aromatic carbocycles. The molecule has 0 unspecified atom stereocenters. The fourth-order valence-electron chi connectivity index (χ4n) is 5.24. The summed E-state index contributed by atoms with van der Waals surface area (Å²) in [7, 11) is -3.80. The van der Waals surface area contributed by atoms with Crippen molar-refractivity contribution in [1.82, 2.24) is 19.7 Å². The van der Waals surface area contributed by atoms with Gasteiger partial charge in [0.2, 0.25) is 15.8 Å². The highest BCUT2D eigenvalue weighted by Crippen LogP contribution is 2.36. The minimum absolute atomic E-state index is 0.0210. The Morgan fingerprint density at radius 3 is 2.38 bits per heavy atom. The molecule has 5 rings (SSSR count). The number of fused-ring (bicyclic) bond motifs is 1. The first-order valence-electron chi connectivity index (χ1n) is 11.8. The van der Waals surface area contributed by atoms with E-state index >= 15 is 0 Å². The third-order valence-corrected chi connectivity index (χ3v) is 7.99. The number of nitrogens with two attached hydrogens (primary N) is 1. The Morgan fingerprint density at radius 1 is 0.971 bits per heavy atom. The fraction of sp³-hybridized carbons (Fsp3) is 0.400. The lowest BCUT2D eigenvalue weighted by Crippen LogP contribution is -2.45. The fourth-order valence-corrected chi connectivity index (χ4v) is 5.75. The number of sulfonamides is 1. The molecule has 2 heterocycles. The highest BCUT2D eigenvalue weighted by Gasteiger charge is 2.34. The maximum atomic E-state index is 13.4. The van der Waals surface area contributed by atoms with E-state index in [-0.39, 0.29) is 16.6 Å². The van der Waals surface area contributed by atoms with Crippen LogP contribution in [0.25, 0.3) is 5.69 Å². The summed E-state index contributed by atoms with van der Waals surface area (Å²) in [5.41, 5.74) is 1.66. The average molecular weight is 480 g/mol. The SMILES string of the molecule is NS(=O)(=O)c1ccc(-n2nc(C(=O)N3CC[C@@H]4CCCC[C@@H]4C3)nc2Cc2ccccc2)cc1. The van der Waals surface area contributed by atoms with Crippen molar-refractivity contribution in [2.45, 2.75) is 43.4 Å². The highest BCUT2D eigenvalue weighted by atomic mass is 32.2. The minimum atomic E-state index is -3.80. The van der Waals surface area contributed by atoms with Crippen molar-refractivity contribution in [3.8, 4) is 5.69 Å². The summed E-state index contributed by atoms with van der Waals surface area (Å²) in [6, 6.07) is 16.0. The largest absolute Gasteiger partial charge is 0.336 e. The van der Waals surface area contributed by atoms with Gasteiger partial charge in [-0.1, -0.05) is 49.6 Å². The van der Waals surface area contributed by atoms with Gasteiger partial charge in [0, 0.05) is 19.5 Å². The van der Waals surface area contributed by atoms with Gasteiger partial charge in [0.1, 0.15) is 5.82 Å². The second-order valence-corrected chi connectivity index (χ2v) is 10.9. The summed E-state index contributed by atoms with van der Waals surface area (Å²) in [5.74, 6) is 1.96. The molecule has 2 fully saturated rings. The Morgan fingerprint density at radius 2 is 1.68 bits per heavy atom. The van der Waals surface area contributed by atoms with E-state index in [0.717, 1.165) is 31.0 Å². The first-order valence-corrected chi connectivity index (χ1v) is 13.4. The van der Waals surface area contributed by atoms with Gasteiger partial charge in [0.15, 0.2) is 0 Å². The Balaban J connectivity index is 1.45. The molecule has 0 spiro atoms. The van der Waals surface area contributed by atoms with Crippen LogP contribution in [0.15, 0.2) is 59.5 Å². The van der Waals surface area contributed by atoms with Crippen LogP contribution >= 0.6 is 0 Å². The topological polar surface area (TPSA) is 111 Å². The van der Waals surface area contributed by atoms with Crippen LogP contribution in [-0.4, -0.2) is 47.1 Å².